The molecule has 44 heavy (non-hydrogen) atoms. The van der Waals surface area contributed by atoms with Crippen molar-refractivity contribution >= 4 is 27.5 Å². The number of carbonyl (C=O) groups excluding carboxylic acids is 2. The normalized spacial score (nSPS) is 12.0. The number of hydrogen-bond acceptors (Lipinski definition) is 4. The minimum absolute atomic E-state index is 0.0878. The van der Waals surface area contributed by atoms with Crippen LogP contribution in [-0.4, -0.2) is 43.8 Å². The number of rotatable bonds is 12. The average Bonchev–Trinajstić information content (AvgIpc) is 2.99. The fraction of sp³-hybridized carbons (Fsp3) is 0.278. The van der Waals surface area contributed by atoms with Crippen LogP contribution < -0.4 is 9.62 Å². The van der Waals surface area contributed by atoms with Gasteiger partial charge in [-0.25, -0.2) is 8.42 Å². The van der Waals surface area contributed by atoms with Gasteiger partial charge in [0.15, 0.2) is 0 Å². The van der Waals surface area contributed by atoms with Gasteiger partial charge in [-0.15, -0.1) is 0 Å². The fourth-order valence-electron chi connectivity index (χ4n) is 5.05. The highest BCUT2D eigenvalue weighted by Crippen LogP contribution is 2.29. The van der Waals surface area contributed by atoms with Crippen molar-refractivity contribution in [3.8, 4) is 0 Å². The standard InChI is InChI=1S/C36H41N3O4S/c1-26(2)37-36(41)34(23-30-12-8-6-9-13-30)38(24-31-14-10-7-11-15-31)35(40)25-39(33-22-28(4)16-19-29(33)5)44(42,43)32-20-17-27(3)18-21-32/h6-22,26,34H,23-25H2,1-5H3,(H,37,41)/t34-/m0/s1. The smallest absolute Gasteiger partial charge is 0.264 e. The van der Waals surface area contributed by atoms with Crippen molar-refractivity contribution in [3.05, 3.63) is 131 Å². The highest BCUT2D eigenvalue weighted by atomic mass is 32.2. The average molecular weight is 612 g/mol. The lowest BCUT2D eigenvalue weighted by Gasteiger charge is -2.34. The van der Waals surface area contributed by atoms with Crippen LogP contribution in [0.5, 0.6) is 0 Å². The van der Waals surface area contributed by atoms with Gasteiger partial charge in [0.1, 0.15) is 12.6 Å². The van der Waals surface area contributed by atoms with Crippen molar-refractivity contribution < 1.29 is 18.0 Å². The van der Waals surface area contributed by atoms with E-state index in [0.29, 0.717) is 11.3 Å². The number of benzene rings is 4. The Balaban J connectivity index is 1.82. The molecule has 2 amide bonds. The maximum absolute atomic E-state index is 14.5. The van der Waals surface area contributed by atoms with Crippen molar-refractivity contribution in [2.24, 2.45) is 0 Å². The second kappa shape index (κ2) is 14.4. The first-order chi connectivity index (χ1) is 21.0. The van der Waals surface area contributed by atoms with Crippen LogP contribution in [0.4, 0.5) is 5.69 Å². The summed E-state index contributed by atoms with van der Waals surface area (Å²) in [5.41, 5.74) is 4.64. The summed E-state index contributed by atoms with van der Waals surface area (Å²) in [5.74, 6) is -0.780. The first-order valence-electron chi connectivity index (χ1n) is 14.8. The van der Waals surface area contributed by atoms with E-state index in [4.69, 9.17) is 0 Å². The molecule has 0 spiro atoms. The van der Waals surface area contributed by atoms with E-state index >= 15 is 0 Å². The number of nitrogens with one attached hydrogen (secondary N) is 1. The molecular formula is C36H41N3O4S. The maximum Gasteiger partial charge on any atom is 0.264 e. The second-order valence-corrected chi connectivity index (χ2v) is 13.4. The Morgan fingerprint density at radius 3 is 1.91 bits per heavy atom. The minimum Gasteiger partial charge on any atom is -0.352 e. The summed E-state index contributed by atoms with van der Waals surface area (Å²) in [4.78, 5) is 29.9. The first-order valence-corrected chi connectivity index (χ1v) is 16.2. The van der Waals surface area contributed by atoms with Crippen LogP contribution in [0.1, 0.15) is 41.7 Å². The highest BCUT2D eigenvalue weighted by Gasteiger charge is 2.35. The van der Waals surface area contributed by atoms with Crippen molar-refractivity contribution in [1.29, 1.82) is 0 Å². The SMILES string of the molecule is Cc1ccc(S(=O)(=O)N(CC(=O)N(Cc2ccccc2)[C@@H](Cc2ccccc2)C(=O)NC(C)C)c2cc(C)ccc2C)cc1. The number of anilines is 1. The van der Waals surface area contributed by atoms with Gasteiger partial charge in [0.25, 0.3) is 10.0 Å². The van der Waals surface area contributed by atoms with Crippen molar-refractivity contribution in [1.82, 2.24) is 10.2 Å². The Morgan fingerprint density at radius 1 is 0.750 bits per heavy atom. The van der Waals surface area contributed by atoms with Crippen LogP contribution >= 0.6 is 0 Å². The Hall–Kier alpha value is -4.43. The molecule has 0 unspecified atom stereocenters. The van der Waals surface area contributed by atoms with Gasteiger partial charge in [-0.1, -0.05) is 90.5 Å². The second-order valence-electron chi connectivity index (χ2n) is 11.5. The molecule has 0 aliphatic heterocycles. The number of amides is 2. The third-order valence-corrected chi connectivity index (χ3v) is 9.19. The summed E-state index contributed by atoms with van der Waals surface area (Å²) in [7, 11) is -4.15. The van der Waals surface area contributed by atoms with E-state index in [0.717, 1.165) is 22.3 Å². The molecule has 1 atom stereocenters. The minimum atomic E-state index is -4.15. The van der Waals surface area contributed by atoms with Crippen LogP contribution in [0, 0.1) is 20.8 Å². The van der Waals surface area contributed by atoms with E-state index in [2.05, 4.69) is 5.32 Å². The molecule has 7 nitrogen and oxygen atoms in total. The molecule has 0 bridgehead atoms. The lowest BCUT2D eigenvalue weighted by atomic mass is 10.0. The summed E-state index contributed by atoms with van der Waals surface area (Å²) >= 11 is 0. The van der Waals surface area contributed by atoms with E-state index in [1.54, 1.807) is 30.3 Å². The third-order valence-electron chi connectivity index (χ3n) is 7.42. The predicted molar refractivity (Wildman–Crippen MR) is 176 cm³/mol. The summed E-state index contributed by atoms with van der Waals surface area (Å²) in [6.07, 6.45) is 0.270. The lowest BCUT2D eigenvalue weighted by molar-refractivity contribution is -0.140. The quantitative estimate of drug-likeness (QED) is 0.214. The maximum atomic E-state index is 14.5. The summed E-state index contributed by atoms with van der Waals surface area (Å²) in [6, 6.07) is 30.1. The third kappa shape index (κ3) is 8.14. The zero-order chi connectivity index (χ0) is 31.9. The van der Waals surface area contributed by atoms with Gasteiger partial charge in [-0.2, -0.15) is 0 Å². The van der Waals surface area contributed by atoms with Gasteiger partial charge in [-0.3, -0.25) is 13.9 Å². The van der Waals surface area contributed by atoms with Crippen molar-refractivity contribution in [3.63, 3.8) is 0 Å². The van der Waals surface area contributed by atoms with Crippen LogP contribution in [0.2, 0.25) is 0 Å². The summed E-state index contributed by atoms with van der Waals surface area (Å²) in [5, 5.41) is 2.98. The molecule has 4 aromatic carbocycles. The number of sulfonamides is 1. The van der Waals surface area contributed by atoms with Gasteiger partial charge in [-0.05, 0) is 75.1 Å². The Kier molecular flexibility index (Phi) is 10.6. The van der Waals surface area contributed by atoms with Crippen LogP contribution in [0.15, 0.2) is 108 Å². The van der Waals surface area contributed by atoms with Gasteiger partial charge >= 0.3 is 0 Å². The Bertz CT molecular complexity index is 1670. The Morgan fingerprint density at radius 2 is 1.32 bits per heavy atom. The van der Waals surface area contributed by atoms with E-state index in [1.165, 1.54) is 9.21 Å². The molecule has 0 aromatic heterocycles. The van der Waals surface area contributed by atoms with Gasteiger partial charge in [0, 0.05) is 19.0 Å². The van der Waals surface area contributed by atoms with Crippen LogP contribution in [0.25, 0.3) is 0 Å². The number of aryl methyl sites for hydroxylation is 3. The molecule has 8 heteroatoms. The topological polar surface area (TPSA) is 86.8 Å². The molecule has 230 valence electrons. The van der Waals surface area contributed by atoms with Crippen molar-refractivity contribution in [2.45, 2.75) is 64.6 Å². The van der Waals surface area contributed by atoms with Gasteiger partial charge in [0.05, 0.1) is 10.6 Å². The van der Waals surface area contributed by atoms with Crippen LogP contribution in [0.3, 0.4) is 0 Å². The Labute approximate surface area is 261 Å². The van der Waals surface area contributed by atoms with Gasteiger partial charge < -0.3 is 10.2 Å². The number of carbonyl (C=O) groups is 2. The molecule has 0 radical (unpaired) electrons. The van der Waals surface area contributed by atoms with E-state index in [9.17, 15) is 18.0 Å². The molecule has 0 saturated heterocycles. The number of hydrogen-bond donors (Lipinski definition) is 1. The largest absolute Gasteiger partial charge is 0.352 e. The molecule has 0 fully saturated rings. The van der Waals surface area contributed by atoms with Gasteiger partial charge in [0.2, 0.25) is 11.8 Å². The highest BCUT2D eigenvalue weighted by molar-refractivity contribution is 7.92. The first kappa shape index (κ1) is 32.5. The predicted octanol–water partition coefficient (Wildman–Crippen LogP) is 5.97. The number of nitrogens with zero attached hydrogens (tertiary/aromatic N) is 2. The molecule has 1 N–H and O–H groups in total. The molecular weight excluding hydrogens is 570 g/mol. The molecule has 0 aliphatic carbocycles. The van der Waals surface area contributed by atoms with E-state index < -0.39 is 28.5 Å². The zero-order valence-corrected chi connectivity index (χ0v) is 26.8. The summed E-state index contributed by atoms with van der Waals surface area (Å²) < 4.78 is 29.7. The van der Waals surface area contributed by atoms with E-state index in [1.807, 2.05) is 107 Å². The van der Waals surface area contributed by atoms with Crippen LogP contribution in [-0.2, 0) is 32.6 Å². The lowest BCUT2D eigenvalue weighted by Crippen LogP contribution is -2.54. The van der Waals surface area contributed by atoms with Crippen molar-refractivity contribution in [2.75, 3.05) is 10.8 Å². The fourth-order valence-corrected chi connectivity index (χ4v) is 6.52. The molecule has 4 aromatic rings. The monoisotopic (exact) mass is 611 g/mol. The molecule has 4 rings (SSSR count). The zero-order valence-electron chi connectivity index (χ0n) is 26.0. The summed E-state index contributed by atoms with van der Waals surface area (Å²) in [6.45, 7) is 9.00. The van der Waals surface area contributed by atoms with E-state index in [-0.39, 0.29) is 29.8 Å². The molecule has 0 saturated carbocycles. The molecule has 0 heterocycles. The molecule has 0 aliphatic rings.